The molecule has 3 rings (SSSR count). The molecule has 0 N–H and O–H groups in total. The van der Waals surface area contributed by atoms with Crippen LogP contribution in [0.5, 0.6) is 0 Å². The average Bonchev–Trinajstić information content (AvgIpc) is 2.75. The highest BCUT2D eigenvalue weighted by atomic mass is 32.1. The second-order valence-electron chi connectivity index (χ2n) is 4.26. The molecule has 4 heteroatoms. The fraction of sp³-hybridized carbons (Fsp3) is 0.0667. The van der Waals surface area contributed by atoms with E-state index in [-0.39, 0.29) is 0 Å². The van der Waals surface area contributed by atoms with Crippen molar-refractivity contribution in [1.82, 2.24) is 0 Å². The van der Waals surface area contributed by atoms with Crippen molar-refractivity contribution in [3.05, 3.63) is 60.7 Å². The smallest absolute Gasteiger partial charge is 0.110 e. The van der Waals surface area contributed by atoms with Crippen LogP contribution in [0.4, 0.5) is 11.4 Å². The van der Waals surface area contributed by atoms with Crippen LogP contribution in [0.3, 0.4) is 0 Å². The third kappa shape index (κ3) is 2.25. The number of benzene rings is 2. The summed E-state index contributed by atoms with van der Waals surface area (Å²) in [6, 6.07) is 20.1. The van der Waals surface area contributed by atoms with Crippen molar-refractivity contribution in [1.29, 1.82) is 0 Å². The molecule has 94 valence electrons. The van der Waals surface area contributed by atoms with Gasteiger partial charge in [-0.05, 0) is 24.3 Å². The van der Waals surface area contributed by atoms with Crippen molar-refractivity contribution in [2.24, 2.45) is 0 Å². The van der Waals surface area contributed by atoms with Gasteiger partial charge in [-0.3, -0.25) is 0 Å². The molecule has 0 bridgehead atoms. The molecule has 2 nitrogen and oxygen atoms in total. The lowest BCUT2D eigenvalue weighted by molar-refractivity contribution is 1.11. The summed E-state index contributed by atoms with van der Waals surface area (Å²) in [5.41, 5.74) is 2.08. The van der Waals surface area contributed by atoms with Crippen molar-refractivity contribution in [2.45, 2.75) is 6.42 Å². The van der Waals surface area contributed by atoms with Gasteiger partial charge in [0.2, 0.25) is 0 Å². The van der Waals surface area contributed by atoms with Crippen molar-refractivity contribution >= 4 is 45.8 Å². The van der Waals surface area contributed by atoms with E-state index in [4.69, 9.17) is 24.4 Å². The Hall–Kier alpha value is -1.78. The van der Waals surface area contributed by atoms with Gasteiger partial charge in [-0.2, -0.15) is 0 Å². The molecule has 1 fully saturated rings. The van der Waals surface area contributed by atoms with E-state index in [0.717, 1.165) is 21.4 Å². The van der Waals surface area contributed by atoms with Crippen LogP contribution >= 0.6 is 24.4 Å². The van der Waals surface area contributed by atoms with Crippen molar-refractivity contribution in [3.63, 3.8) is 0 Å². The Kier molecular flexibility index (Phi) is 3.27. The number of hydrogen-bond acceptors (Lipinski definition) is 2. The largest absolute Gasteiger partial charge is 0.241 e. The second-order valence-corrected chi connectivity index (χ2v) is 5.20. The summed E-state index contributed by atoms with van der Waals surface area (Å²) in [6.45, 7) is 0. The minimum atomic E-state index is 0.647. The van der Waals surface area contributed by atoms with Gasteiger partial charge in [-0.25, -0.2) is 10.0 Å². The number of nitrogens with zero attached hydrogens (tertiary/aromatic N) is 2. The predicted molar refractivity (Wildman–Crippen MR) is 87.7 cm³/mol. The van der Waals surface area contributed by atoms with Gasteiger partial charge in [0.1, 0.15) is 9.98 Å². The summed E-state index contributed by atoms with van der Waals surface area (Å²) < 4.78 is 0. The molecule has 1 heterocycles. The zero-order valence-corrected chi connectivity index (χ0v) is 11.8. The zero-order chi connectivity index (χ0) is 13.2. The predicted octanol–water partition coefficient (Wildman–Crippen LogP) is 3.97. The summed E-state index contributed by atoms with van der Waals surface area (Å²) in [5, 5.41) is 4.01. The van der Waals surface area contributed by atoms with Gasteiger partial charge < -0.3 is 0 Å². The first-order valence-electron chi connectivity index (χ1n) is 6.03. The summed E-state index contributed by atoms with van der Waals surface area (Å²) >= 11 is 10.9. The molecular formula is C15H12N2S2. The molecule has 0 atom stereocenters. The highest BCUT2D eigenvalue weighted by Crippen LogP contribution is 2.29. The first-order chi connectivity index (χ1) is 9.27. The number of hydrazine groups is 1. The second kappa shape index (κ2) is 5.07. The fourth-order valence-corrected chi connectivity index (χ4v) is 2.90. The van der Waals surface area contributed by atoms with E-state index >= 15 is 0 Å². The molecule has 2 aromatic carbocycles. The van der Waals surface area contributed by atoms with Gasteiger partial charge in [0.05, 0.1) is 17.8 Å². The topological polar surface area (TPSA) is 6.48 Å². The Morgan fingerprint density at radius 3 is 1.37 bits per heavy atom. The lowest BCUT2D eigenvalue weighted by Gasteiger charge is -2.30. The molecule has 0 aromatic heterocycles. The monoisotopic (exact) mass is 284 g/mol. The average molecular weight is 284 g/mol. The molecule has 1 aliphatic heterocycles. The molecule has 0 unspecified atom stereocenters. The molecular weight excluding hydrogens is 272 g/mol. The molecule has 0 radical (unpaired) electrons. The van der Waals surface area contributed by atoms with Crippen molar-refractivity contribution < 1.29 is 0 Å². The van der Waals surface area contributed by atoms with Crippen molar-refractivity contribution in [3.8, 4) is 0 Å². The van der Waals surface area contributed by atoms with Crippen LogP contribution < -0.4 is 10.0 Å². The molecule has 1 aliphatic rings. The molecule has 0 aliphatic carbocycles. The van der Waals surface area contributed by atoms with Crippen LogP contribution in [-0.4, -0.2) is 9.98 Å². The summed E-state index contributed by atoms with van der Waals surface area (Å²) in [5.74, 6) is 0. The Morgan fingerprint density at radius 2 is 1.00 bits per heavy atom. The third-order valence-corrected chi connectivity index (χ3v) is 3.61. The van der Waals surface area contributed by atoms with Gasteiger partial charge in [0.15, 0.2) is 0 Å². The van der Waals surface area contributed by atoms with Crippen LogP contribution in [0.15, 0.2) is 60.7 Å². The van der Waals surface area contributed by atoms with Crippen LogP contribution in [0, 0.1) is 0 Å². The van der Waals surface area contributed by atoms with E-state index in [9.17, 15) is 0 Å². The first kappa shape index (κ1) is 12.3. The number of rotatable bonds is 2. The van der Waals surface area contributed by atoms with E-state index in [2.05, 4.69) is 0 Å². The minimum absolute atomic E-state index is 0.647. The van der Waals surface area contributed by atoms with Crippen LogP contribution in [0.25, 0.3) is 0 Å². The third-order valence-electron chi connectivity index (χ3n) is 2.98. The fourth-order valence-electron chi connectivity index (χ4n) is 2.16. The van der Waals surface area contributed by atoms with Crippen molar-refractivity contribution in [2.75, 3.05) is 10.0 Å². The minimum Gasteiger partial charge on any atom is -0.241 e. The summed E-state index contributed by atoms with van der Waals surface area (Å²) in [4.78, 5) is 1.67. The number of hydrogen-bond donors (Lipinski definition) is 0. The maximum Gasteiger partial charge on any atom is 0.110 e. The molecule has 0 amide bonds. The molecule has 2 aromatic rings. The number of thiocarbonyl (C=S) groups is 2. The van der Waals surface area contributed by atoms with Crippen LogP contribution in [0.2, 0.25) is 0 Å². The lowest BCUT2D eigenvalue weighted by atomic mass is 10.3. The van der Waals surface area contributed by atoms with E-state index < -0.39 is 0 Å². The van der Waals surface area contributed by atoms with E-state index in [1.165, 1.54) is 0 Å². The lowest BCUT2D eigenvalue weighted by Crippen LogP contribution is -2.40. The Bertz CT molecular complexity index is 555. The van der Waals surface area contributed by atoms with Gasteiger partial charge in [0.25, 0.3) is 0 Å². The first-order valence-corrected chi connectivity index (χ1v) is 6.85. The van der Waals surface area contributed by atoms with E-state index in [0.29, 0.717) is 6.42 Å². The summed E-state index contributed by atoms with van der Waals surface area (Å²) in [7, 11) is 0. The zero-order valence-electron chi connectivity index (χ0n) is 10.2. The Labute approximate surface area is 123 Å². The molecule has 0 saturated carbocycles. The van der Waals surface area contributed by atoms with E-state index in [1.807, 2.05) is 70.7 Å². The van der Waals surface area contributed by atoms with Gasteiger partial charge in [0, 0.05) is 0 Å². The summed E-state index contributed by atoms with van der Waals surface area (Å²) in [6.07, 6.45) is 0.647. The SMILES string of the molecule is S=C1CC(=S)N(c2ccccc2)N1c1ccccc1. The normalized spacial score (nSPS) is 15.2. The Morgan fingerprint density at radius 1 is 0.632 bits per heavy atom. The van der Waals surface area contributed by atoms with Gasteiger partial charge in [-0.1, -0.05) is 60.8 Å². The van der Waals surface area contributed by atoms with Crippen LogP contribution in [-0.2, 0) is 0 Å². The molecule has 19 heavy (non-hydrogen) atoms. The maximum absolute atomic E-state index is 5.47. The quantitative estimate of drug-likeness (QED) is 0.769. The molecule has 1 saturated heterocycles. The molecule has 0 spiro atoms. The number of para-hydroxylation sites is 2. The standard InChI is InChI=1S/C15H12N2S2/c18-14-11-15(19)17(13-9-5-2-6-10-13)16(14)12-7-3-1-4-8-12/h1-10H,11H2. The van der Waals surface area contributed by atoms with Gasteiger partial charge in [-0.15, -0.1) is 0 Å². The van der Waals surface area contributed by atoms with Crippen LogP contribution in [0.1, 0.15) is 6.42 Å². The number of anilines is 2. The van der Waals surface area contributed by atoms with Gasteiger partial charge >= 0.3 is 0 Å². The highest BCUT2D eigenvalue weighted by Gasteiger charge is 2.32. The maximum atomic E-state index is 5.47. The Balaban J connectivity index is 2.06. The van der Waals surface area contributed by atoms with E-state index in [1.54, 1.807) is 0 Å². The highest BCUT2D eigenvalue weighted by molar-refractivity contribution is 7.82.